The zero-order valence-electron chi connectivity index (χ0n) is 26.9. The molecule has 7 rings (SSSR count). The Balaban J connectivity index is 0.000000170. The predicted octanol–water partition coefficient (Wildman–Crippen LogP) is 7.44. The summed E-state index contributed by atoms with van der Waals surface area (Å²) in [6, 6.07) is 9.17. The largest absolute Gasteiger partial charge is 0.387 e. The molecule has 1 N–H and O–H groups in total. The van der Waals surface area contributed by atoms with Gasteiger partial charge in [0.1, 0.15) is 47.4 Å². The normalized spacial score (nSPS) is 21.0. The Hall–Kier alpha value is -3.74. The van der Waals surface area contributed by atoms with Crippen molar-refractivity contribution in [1.82, 2.24) is 34.3 Å². The van der Waals surface area contributed by atoms with Crippen molar-refractivity contribution in [3.05, 3.63) is 88.6 Å². The lowest BCUT2D eigenvalue weighted by atomic mass is 9.72. The molecule has 5 aromatic rings. The highest BCUT2D eigenvalue weighted by molar-refractivity contribution is 6.33. The van der Waals surface area contributed by atoms with Gasteiger partial charge in [0.2, 0.25) is 0 Å². The number of anilines is 1. The quantitative estimate of drug-likeness (QED) is 0.184. The van der Waals surface area contributed by atoms with Crippen LogP contribution in [0.5, 0.6) is 0 Å². The van der Waals surface area contributed by atoms with E-state index in [9.17, 15) is 18.3 Å². The Labute approximate surface area is 286 Å². The van der Waals surface area contributed by atoms with Crippen molar-refractivity contribution in [1.29, 1.82) is 0 Å². The Morgan fingerprint density at radius 3 is 2.27 bits per heavy atom. The molecule has 2 unspecified atom stereocenters. The SMILES string of the molecule is CC1(C)CCC(Cc2ccc(Cl)cc2)C1(O)Cn1cncn1.CC1CCN(c2c(-c3c(F)cc(F)cc3F)c(Cl)nc3ncnn23)CC1. The van der Waals surface area contributed by atoms with Gasteiger partial charge in [-0.1, -0.05) is 56.1 Å². The van der Waals surface area contributed by atoms with Gasteiger partial charge < -0.3 is 10.0 Å². The Morgan fingerprint density at radius 1 is 0.938 bits per heavy atom. The minimum absolute atomic E-state index is 0.0502. The van der Waals surface area contributed by atoms with Crippen LogP contribution in [0.1, 0.15) is 52.0 Å². The zero-order valence-corrected chi connectivity index (χ0v) is 28.4. The first-order valence-corrected chi connectivity index (χ1v) is 16.7. The molecule has 48 heavy (non-hydrogen) atoms. The molecule has 4 heterocycles. The molecule has 0 spiro atoms. The molecular formula is C34H37Cl2F3N8O. The van der Waals surface area contributed by atoms with Gasteiger partial charge in [-0.2, -0.15) is 24.7 Å². The maximum atomic E-state index is 14.5. The van der Waals surface area contributed by atoms with E-state index in [0.29, 0.717) is 43.5 Å². The first kappa shape index (κ1) is 34.1. The van der Waals surface area contributed by atoms with E-state index in [1.54, 1.807) is 11.0 Å². The van der Waals surface area contributed by atoms with Crippen LogP contribution in [-0.4, -0.2) is 58.1 Å². The maximum Gasteiger partial charge on any atom is 0.255 e. The maximum absolute atomic E-state index is 14.5. The van der Waals surface area contributed by atoms with Crippen molar-refractivity contribution in [2.24, 2.45) is 17.3 Å². The second-order valence-electron chi connectivity index (χ2n) is 13.5. The van der Waals surface area contributed by atoms with Gasteiger partial charge in [-0.05, 0) is 67.1 Å². The number of hydrogen-bond donors (Lipinski definition) is 1. The van der Waals surface area contributed by atoms with Crippen LogP contribution in [0.3, 0.4) is 0 Å². The molecule has 9 nitrogen and oxygen atoms in total. The van der Waals surface area contributed by atoms with Gasteiger partial charge in [-0.15, -0.1) is 0 Å². The van der Waals surface area contributed by atoms with Gasteiger partial charge in [0.25, 0.3) is 5.78 Å². The summed E-state index contributed by atoms with van der Waals surface area (Å²) in [5, 5.41) is 20.4. The average Bonchev–Trinajstić information content (AvgIpc) is 3.77. The number of rotatable bonds is 6. The Kier molecular flexibility index (Phi) is 9.70. The fraction of sp³-hybridized carbons (Fsp3) is 0.441. The molecule has 2 aromatic carbocycles. The molecule has 1 saturated heterocycles. The fourth-order valence-electron chi connectivity index (χ4n) is 6.93. The first-order valence-electron chi connectivity index (χ1n) is 15.9. The summed E-state index contributed by atoms with van der Waals surface area (Å²) < 4.78 is 45.5. The van der Waals surface area contributed by atoms with E-state index in [2.05, 4.69) is 45.9 Å². The van der Waals surface area contributed by atoms with E-state index in [0.717, 1.165) is 37.1 Å². The van der Waals surface area contributed by atoms with Crippen LogP contribution < -0.4 is 4.90 Å². The number of benzene rings is 2. The molecule has 0 amide bonds. The van der Waals surface area contributed by atoms with E-state index in [1.165, 1.54) is 22.7 Å². The van der Waals surface area contributed by atoms with Gasteiger partial charge in [-0.25, -0.2) is 18.2 Å². The number of hydrogen-bond acceptors (Lipinski definition) is 7. The van der Waals surface area contributed by atoms with Gasteiger partial charge in [0.05, 0.1) is 23.3 Å². The van der Waals surface area contributed by atoms with Crippen LogP contribution in [0.2, 0.25) is 10.2 Å². The van der Waals surface area contributed by atoms with Crippen molar-refractivity contribution in [3.63, 3.8) is 0 Å². The summed E-state index contributed by atoms with van der Waals surface area (Å²) in [6.45, 7) is 8.28. The summed E-state index contributed by atoms with van der Waals surface area (Å²) in [5.41, 5.74) is -0.0932. The summed E-state index contributed by atoms with van der Waals surface area (Å²) in [4.78, 5) is 14.1. The molecule has 3 aromatic heterocycles. The number of piperidine rings is 1. The second-order valence-corrected chi connectivity index (χ2v) is 14.2. The third-order valence-corrected chi connectivity index (χ3v) is 10.5. The van der Waals surface area contributed by atoms with E-state index >= 15 is 0 Å². The zero-order chi connectivity index (χ0) is 34.2. The first-order chi connectivity index (χ1) is 22.9. The summed E-state index contributed by atoms with van der Waals surface area (Å²) >= 11 is 12.2. The molecule has 1 saturated carbocycles. The van der Waals surface area contributed by atoms with Crippen molar-refractivity contribution in [2.45, 2.75) is 65.0 Å². The number of nitrogens with zero attached hydrogens (tertiary/aromatic N) is 8. The lowest BCUT2D eigenvalue weighted by Crippen LogP contribution is -2.49. The van der Waals surface area contributed by atoms with E-state index in [4.69, 9.17) is 23.2 Å². The van der Waals surface area contributed by atoms with Crippen LogP contribution in [-0.2, 0) is 13.0 Å². The molecule has 1 aliphatic heterocycles. The predicted molar refractivity (Wildman–Crippen MR) is 178 cm³/mol. The van der Waals surface area contributed by atoms with Crippen LogP contribution >= 0.6 is 23.2 Å². The summed E-state index contributed by atoms with van der Waals surface area (Å²) in [6.07, 6.45) is 9.21. The molecule has 2 fully saturated rings. The van der Waals surface area contributed by atoms with E-state index in [1.807, 2.05) is 29.2 Å². The van der Waals surface area contributed by atoms with Crippen LogP contribution in [0.25, 0.3) is 16.9 Å². The monoisotopic (exact) mass is 700 g/mol. The lowest BCUT2D eigenvalue weighted by molar-refractivity contribution is -0.0907. The average molecular weight is 702 g/mol. The van der Waals surface area contributed by atoms with Crippen LogP contribution in [0.15, 0.2) is 55.4 Å². The number of halogens is 5. The highest BCUT2D eigenvalue weighted by Gasteiger charge is 2.54. The van der Waals surface area contributed by atoms with Crippen LogP contribution in [0.4, 0.5) is 19.0 Å². The summed E-state index contributed by atoms with van der Waals surface area (Å²) in [7, 11) is 0. The van der Waals surface area contributed by atoms with Gasteiger partial charge in [-0.3, -0.25) is 4.68 Å². The standard InChI is InChI=1S/C17H15ClF3N5.C17H22ClN3O/c1-9-2-4-25(5-3-9)16-14(13-11(20)6-10(19)7-12(13)21)15(18)24-17-22-8-23-26(16)17;1-16(2)8-7-14(9-13-3-5-15(18)6-4-13)17(16,22)10-21-12-19-11-20-21/h6-9H,2-5H2,1H3;3-6,11-12,14,22H,7-10H2,1-2H3. The highest BCUT2D eigenvalue weighted by Crippen LogP contribution is 2.51. The van der Waals surface area contributed by atoms with Crippen molar-refractivity contribution >= 4 is 34.8 Å². The van der Waals surface area contributed by atoms with E-state index < -0.39 is 28.6 Å². The molecule has 254 valence electrons. The van der Waals surface area contributed by atoms with Gasteiger partial charge >= 0.3 is 0 Å². The lowest BCUT2D eigenvalue weighted by Gasteiger charge is -2.40. The molecule has 1 aliphatic carbocycles. The summed E-state index contributed by atoms with van der Waals surface area (Å²) in [5.74, 6) is -1.69. The topological polar surface area (TPSA) is 97.3 Å². The van der Waals surface area contributed by atoms with Crippen molar-refractivity contribution in [2.75, 3.05) is 18.0 Å². The fourth-order valence-corrected chi connectivity index (χ4v) is 7.32. The highest BCUT2D eigenvalue weighted by atomic mass is 35.5. The van der Waals surface area contributed by atoms with Crippen LogP contribution in [0, 0.1) is 34.7 Å². The number of aliphatic hydroxyl groups is 1. The molecule has 2 atom stereocenters. The third kappa shape index (κ3) is 6.75. The molecule has 14 heteroatoms. The van der Waals surface area contributed by atoms with Crippen molar-refractivity contribution < 1.29 is 18.3 Å². The third-order valence-electron chi connectivity index (χ3n) is 9.93. The molecule has 2 aliphatic rings. The van der Waals surface area contributed by atoms with E-state index in [-0.39, 0.29) is 27.8 Å². The smallest absolute Gasteiger partial charge is 0.255 e. The molecular weight excluding hydrogens is 664 g/mol. The number of fused-ring (bicyclic) bond motifs is 1. The number of aromatic nitrogens is 7. The van der Waals surface area contributed by atoms with Gasteiger partial charge in [0.15, 0.2) is 0 Å². The van der Waals surface area contributed by atoms with Crippen molar-refractivity contribution in [3.8, 4) is 11.1 Å². The Morgan fingerprint density at radius 2 is 1.62 bits per heavy atom. The second kappa shape index (κ2) is 13.6. The van der Waals surface area contributed by atoms with Gasteiger partial charge in [0, 0.05) is 30.2 Å². The molecule has 0 radical (unpaired) electrons. The molecule has 0 bridgehead atoms. The minimum Gasteiger partial charge on any atom is -0.387 e. The Bertz CT molecular complexity index is 1850. The minimum atomic E-state index is -1.04.